The van der Waals surface area contributed by atoms with Gasteiger partial charge >= 0.3 is 0 Å². The SMILES string of the molecule is O=[N+]([O-])c1ccc(/C=C/c2cc([N+](=O)[O-])cc([N+](=O)[O-])c2)cc1. The van der Waals surface area contributed by atoms with E-state index in [-0.39, 0.29) is 22.6 Å². The van der Waals surface area contributed by atoms with E-state index in [2.05, 4.69) is 0 Å². The monoisotopic (exact) mass is 315 g/mol. The van der Waals surface area contributed by atoms with Gasteiger partial charge in [-0.15, -0.1) is 0 Å². The highest BCUT2D eigenvalue weighted by molar-refractivity contribution is 5.72. The van der Waals surface area contributed by atoms with Gasteiger partial charge in [-0.05, 0) is 23.3 Å². The molecule has 0 N–H and O–H groups in total. The Morgan fingerprint density at radius 1 is 0.609 bits per heavy atom. The van der Waals surface area contributed by atoms with Gasteiger partial charge in [0.2, 0.25) is 0 Å². The van der Waals surface area contributed by atoms with Crippen molar-refractivity contribution in [2.75, 3.05) is 0 Å². The van der Waals surface area contributed by atoms with E-state index in [0.717, 1.165) is 6.07 Å². The van der Waals surface area contributed by atoms with Gasteiger partial charge in [-0.3, -0.25) is 30.3 Å². The number of benzene rings is 2. The van der Waals surface area contributed by atoms with Crippen LogP contribution in [0.4, 0.5) is 17.1 Å². The molecule has 9 heteroatoms. The second-order valence-electron chi connectivity index (χ2n) is 4.48. The van der Waals surface area contributed by atoms with E-state index in [1.807, 2.05) is 0 Å². The molecule has 2 aromatic rings. The summed E-state index contributed by atoms with van der Waals surface area (Å²) in [6.45, 7) is 0. The molecule has 0 heterocycles. The Hall–Kier alpha value is -3.62. The van der Waals surface area contributed by atoms with Crippen molar-refractivity contribution in [3.8, 4) is 0 Å². The van der Waals surface area contributed by atoms with Crippen LogP contribution in [0.15, 0.2) is 42.5 Å². The van der Waals surface area contributed by atoms with Gasteiger partial charge in [0.1, 0.15) is 0 Å². The highest BCUT2D eigenvalue weighted by Crippen LogP contribution is 2.24. The van der Waals surface area contributed by atoms with Crippen LogP contribution >= 0.6 is 0 Å². The van der Waals surface area contributed by atoms with Crippen LogP contribution in [0.2, 0.25) is 0 Å². The van der Waals surface area contributed by atoms with E-state index < -0.39 is 14.8 Å². The first kappa shape index (κ1) is 15.8. The zero-order valence-corrected chi connectivity index (χ0v) is 11.5. The summed E-state index contributed by atoms with van der Waals surface area (Å²) in [7, 11) is 0. The number of rotatable bonds is 5. The van der Waals surface area contributed by atoms with Gasteiger partial charge < -0.3 is 0 Å². The lowest BCUT2D eigenvalue weighted by Gasteiger charge is -1.97. The van der Waals surface area contributed by atoms with Crippen molar-refractivity contribution in [3.05, 3.63) is 83.9 Å². The van der Waals surface area contributed by atoms with Crippen LogP contribution in [-0.4, -0.2) is 14.8 Å². The predicted molar refractivity (Wildman–Crippen MR) is 81.8 cm³/mol. The largest absolute Gasteiger partial charge is 0.276 e. The van der Waals surface area contributed by atoms with Gasteiger partial charge in [-0.2, -0.15) is 0 Å². The minimum absolute atomic E-state index is 0.0619. The fraction of sp³-hybridized carbons (Fsp3) is 0. The lowest BCUT2D eigenvalue weighted by atomic mass is 10.1. The van der Waals surface area contributed by atoms with Crippen molar-refractivity contribution in [1.82, 2.24) is 0 Å². The average Bonchev–Trinajstić information content (AvgIpc) is 2.52. The molecule has 0 bridgehead atoms. The van der Waals surface area contributed by atoms with Crippen LogP contribution < -0.4 is 0 Å². The van der Waals surface area contributed by atoms with E-state index >= 15 is 0 Å². The summed E-state index contributed by atoms with van der Waals surface area (Å²) in [4.78, 5) is 30.2. The maximum absolute atomic E-state index is 10.8. The van der Waals surface area contributed by atoms with E-state index in [4.69, 9.17) is 0 Å². The fourth-order valence-electron chi connectivity index (χ4n) is 1.82. The number of hydrogen-bond acceptors (Lipinski definition) is 6. The molecule has 0 spiro atoms. The van der Waals surface area contributed by atoms with E-state index in [0.29, 0.717) is 5.56 Å². The first-order valence-corrected chi connectivity index (χ1v) is 6.23. The molecule has 0 aliphatic carbocycles. The van der Waals surface area contributed by atoms with Gasteiger partial charge in [0.05, 0.1) is 20.8 Å². The second-order valence-corrected chi connectivity index (χ2v) is 4.48. The standard InChI is InChI=1S/C14H9N3O6/c18-15(19)12-5-3-10(4-6-12)1-2-11-7-13(16(20)21)9-14(8-11)17(22)23/h1-9H/b2-1+. The summed E-state index contributed by atoms with van der Waals surface area (Å²) in [6, 6.07) is 8.92. The van der Waals surface area contributed by atoms with Crippen molar-refractivity contribution in [1.29, 1.82) is 0 Å². The number of nitrogens with zero attached hydrogens (tertiary/aromatic N) is 3. The molecule has 0 saturated heterocycles. The molecule has 0 amide bonds. The van der Waals surface area contributed by atoms with Crippen LogP contribution in [0.5, 0.6) is 0 Å². The normalized spacial score (nSPS) is 10.6. The molecule has 2 aromatic carbocycles. The zero-order valence-electron chi connectivity index (χ0n) is 11.5. The maximum atomic E-state index is 10.8. The zero-order chi connectivity index (χ0) is 17.0. The van der Waals surface area contributed by atoms with Crippen LogP contribution in [0.3, 0.4) is 0 Å². The minimum Gasteiger partial charge on any atom is -0.258 e. The quantitative estimate of drug-likeness (QED) is 0.471. The minimum atomic E-state index is -0.712. The molecule has 116 valence electrons. The summed E-state index contributed by atoms with van der Waals surface area (Å²) >= 11 is 0. The number of nitro benzene ring substituents is 3. The molecule has 23 heavy (non-hydrogen) atoms. The molecule has 0 aliphatic heterocycles. The summed E-state index contributed by atoms with van der Waals surface area (Å²) in [6.07, 6.45) is 3.01. The molecule has 0 aromatic heterocycles. The Kier molecular flexibility index (Phi) is 4.41. The van der Waals surface area contributed by atoms with Crippen molar-refractivity contribution >= 4 is 29.2 Å². The number of hydrogen-bond donors (Lipinski definition) is 0. The highest BCUT2D eigenvalue weighted by atomic mass is 16.6. The first-order chi connectivity index (χ1) is 10.9. The van der Waals surface area contributed by atoms with Crippen LogP contribution in [0.25, 0.3) is 12.2 Å². The molecule has 9 nitrogen and oxygen atoms in total. The van der Waals surface area contributed by atoms with Gasteiger partial charge in [0, 0.05) is 24.3 Å². The third-order valence-corrected chi connectivity index (χ3v) is 2.92. The van der Waals surface area contributed by atoms with Crippen molar-refractivity contribution in [3.63, 3.8) is 0 Å². The Labute approximate surface area is 128 Å². The molecular formula is C14H9N3O6. The summed E-state index contributed by atoms with van der Waals surface area (Å²) in [5, 5.41) is 32.2. The van der Waals surface area contributed by atoms with Gasteiger partial charge in [0.25, 0.3) is 17.1 Å². The van der Waals surface area contributed by atoms with Crippen molar-refractivity contribution < 1.29 is 14.8 Å². The Morgan fingerprint density at radius 3 is 1.48 bits per heavy atom. The van der Waals surface area contributed by atoms with Crippen LogP contribution in [0, 0.1) is 30.3 Å². The third kappa shape index (κ3) is 3.94. The summed E-state index contributed by atoms with van der Waals surface area (Å²) in [5.74, 6) is 0. The summed E-state index contributed by atoms with van der Waals surface area (Å²) < 4.78 is 0. The lowest BCUT2D eigenvalue weighted by Crippen LogP contribution is -1.93. The average molecular weight is 315 g/mol. The Balaban J connectivity index is 2.32. The van der Waals surface area contributed by atoms with Crippen LogP contribution in [0.1, 0.15) is 11.1 Å². The highest BCUT2D eigenvalue weighted by Gasteiger charge is 2.15. The van der Waals surface area contributed by atoms with Crippen molar-refractivity contribution in [2.45, 2.75) is 0 Å². The Morgan fingerprint density at radius 2 is 1.04 bits per heavy atom. The van der Waals surface area contributed by atoms with Gasteiger partial charge in [-0.25, -0.2) is 0 Å². The molecule has 0 saturated carbocycles. The van der Waals surface area contributed by atoms with Crippen LogP contribution in [-0.2, 0) is 0 Å². The molecule has 0 unspecified atom stereocenters. The van der Waals surface area contributed by atoms with E-state index in [1.165, 1.54) is 42.5 Å². The maximum Gasteiger partial charge on any atom is 0.276 e. The lowest BCUT2D eigenvalue weighted by molar-refractivity contribution is -0.394. The molecule has 0 aliphatic rings. The predicted octanol–water partition coefficient (Wildman–Crippen LogP) is 3.58. The topological polar surface area (TPSA) is 129 Å². The molecular weight excluding hydrogens is 306 g/mol. The van der Waals surface area contributed by atoms with Gasteiger partial charge in [-0.1, -0.05) is 12.2 Å². The smallest absolute Gasteiger partial charge is 0.258 e. The molecule has 0 fully saturated rings. The van der Waals surface area contributed by atoms with Gasteiger partial charge in [0.15, 0.2) is 0 Å². The fourth-order valence-corrected chi connectivity index (χ4v) is 1.82. The molecule has 2 rings (SSSR count). The van der Waals surface area contributed by atoms with Crippen molar-refractivity contribution in [2.24, 2.45) is 0 Å². The molecule has 0 atom stereocenters. The summed E-state index contributed by atoms with van der Waals surface area (Å²) in [5.41, 5.74) is 0.0623. The molecule has 0 radical (unpaired) electrons. The number of nitro groups is 3. The second kappa shape index (κ2) is 6.43. The first-order valence-electron chi connectivity index (χ1n) is 6.23. The van der Waals surface area contributed by atoms with E-state index in [1.54, 1.807) is 6.08 Å². The Bertz CT molecular complexity index is 782. The van der Waals surface area contributed by atoms with E-state index in [9.17, 15) is 30.3 Å². The number of non-ortho nitro benzene ring substituents is 3. The third-order valence-electron chi connectivity index (χ3n) is 2.92.